The fraction of sp³-hybridized carbons (Fsp3) is 0.632. The molecular formula is C19H26N4O2S2. The van der Waals surface area contributed by atoms with E-state index in [4.69, 9.17) is 14.7 Å². The number of nitrogens with one attached hydrogen (secondary N) is 2. The monoisotopic (exact) mass is 406 g/mol. The van der Waals surface area contributed by atoms with Crippen LogP contribution in [0.5, 0.6) is 0 Å². The van der Waals surface area contributed by atoms with Gasteiger partial charge in [-0.3, -0.25) is 15.6 Å². The van der Waals surface area contributed by atoms with Crippen LogP contribution in [0.25, 0.3) is 10.2 Å². The van der Waals surface area contributed by atoms with Crippen LogP contribution < -0.4 is 10.9 Å². The Morgan fingerprint density at radius 1 is 1.37 bits per heavy atom. The lowest BCUT2D eigenvalue weighted by Crippen LogP contribution is -2.34. The molecule has 27 heavy (non-hydrogen) atoms. The molecule has 1 aliphatic heterocycles. The van der Waals surface area contributed by atoms with Crippen molar-refractivity contribution in [2.75, 3.05) is 11.2 Å². The standard InChI is InChI=1S/C19H26N4O2S2/c1-4-8-26-18-20-15(22-23-16(24)11-6-7-11)14-12-9-19(3,5-2)25-10-13(12)27-17(14)21-18/h11H,4-10H2,1-3H3,(H,23,24)(H,20,21,22)/t19-/m1/s1. The maximum absolute atomic E-state index is 12.1. The highest BCUT2D eigenvalue weighted by Gasteiger charge is 2.34. The third kappa shape index (κ3) is 3.93. The van der Waals surface area contributed by atoms with E-state index in [1.165, 1.54) is 10.4 Å². The molecule has 8 heteroatoms. The molecule has 2 N–H and O–H groups in total. The summed E-state index contributed by atoms with van der Waals surface area (Å²) in [6.07, 6.45) is 4.82. The van der Waals surface area contributed by atoms with Crippen molar-refractivity contribution >= 4 is 45.0 Å². The summed E-state index contributed by atoms with van der Waals surface area (Å²) in [6.45, 7) is 7.08. The van der Waals surface area contributed by atoms with E-state index in [-0.39, 0.29) is 17.4 Å². The van der Waals surface area contributed by atoms with E-state index in [2.05, 4.69) is 31.6 Å². The van der Waals surface area contributed by atoms with Crippen molar-refractivity contribution in [3.8, 4) is 0 Å². The van der Waals surface area contributed by atoms with E-state index in [0.717, 1.165) is 53.2 Å². The number of aromatic nitrogens is 2. The molecule has 1 amide bonds. The average Bonchev–Trinajstić information content (AvgIpc) is 3.46. The van der Waals surface area contributed by atoms with Crippen LogP contribution >= 0.6 is 23.1 Å². The van der Waals surface area contributed by atoms with Crippen LogP contribution in [0.3, 0.4) is 0 Å². The molecule has 6 nitrogen and oxygen atoms in total. The molecule has 2 aliphatic rings. The number of hydrogen-bond acceptors (Lipinski definition) is 7. The van der Waals surface area contributed by atoms with Crippen LogP contribution in [-0.2, 0) is 22.6 Å². The predicted octanol–water partition coefficient (Wildman–Crippen LogP) is 4.29. The number of carbonyl (C=O) groups is 1. The highest BCUT2D eigenvalue weighted by Crippen LogP contribution is 2.42. The summed E-state index contributed by atoms with van der Waals surface area (Å²) in [5, 5.41) is 1.79. The SMILES string of the molecule is CCCSc1nc(NNC(=O)C2CC2)c2c3c(sc2n1)CO[C@](C)(CC)C3. The number of nitrogens with zero attached hydrogens (tertiary/aromatic N) is 2. The number of rotatable bonds is 7. The molecule has 1 aliphatic carbocycles. The zero-order chi connectivity index (χ0) is 19.0. The normalized spacial score (nSPS) is 21.9. The number of anilines is 1. The summed E-state index contributed by atoms with van der Waals surface area (Å²) >= 11 is 3.34. The van der Waals surface area contributed by atoms with Crippen molar-refractivity contribution in [2.24, 2.45) is 5.92 Å². The van der Waals surface area contributed by atoms with Gasteiger partial charge in [-0.25, -0.2) is 9.97 Å². The van der Waals surface area contributed by atoms with Gasteiger partial charge in [-0.15, -0.1) is 11.3 Å². The first-order valence-corrected chi connectivity index (χ1v) is 11.5. The summed E-state index contributed by atoms with van der Waals surface area (Å²) in [5.74, 6) is 1.89. The molecule has 2 aromatic heterocycles. The second-order valence-corrected chi connectivity index (χ2v) is 9.69. The number of thiophene rings is 1. The molecule has 0 radical (unpaired) electrons. The van der Waals surface area contributed by atoms with Gasteiger partial charge in [-0.1, -0.05) is 25.6 Å². The van der Waals surface area contributed by atoms with Crippen molar-refractivity contribution in [1.29, 1.82) is 0 Å². The lowest BCUT2D eigenvalue weighted by molar-refractivity contribution is -0.121. The van der Waals surface area contributed by atoms with E-state index < -0.39 is 0 Å². The molecule has 4 rings (SSSR count). The lowest BCUT2D eigenvalue weighted by atomic mass is 9.90. The number of hydrogen-bond donors (Lipinski definition) is 2. The summed E-state index contributed by atoms with van der Waals surface area (Å²) in [6, 6.07) is 0. The number of fused-ring (bicyclic) bond motifs is 3. The Bertz CT molecular complexity index is 865. The molecule has 3 heterocycles. The van der Waals surface area contributed by atoms with Gasteiger partial charge in [0.1, 0.15) is 4.83 Å². The van der Waals surface area contributed by atoms with Crippen molar-refractivity contribution in [3.63, 3.8) is 0 Å². The fourth-order valence-electron chi connectivity index (χ4n) is 3.20. The second kappa shape index (κ2) is 7.56. The minimum absolute atomic E-state index is 0.0513. The van der Waals surface area contributed by atoms with Crippen LogP contribution in [0.4, 0.5) is 5.82 Å². The van der Waals surface area contributed by atoms with Crippen molar-refractivity contribution in [2.45, 2.75) is 70.2 Å². The summed E-state index contributed by atoms with van der Waals surface area (Å²) in [5.41, 5.74) is 7.06. The molecule has 0 bridgehead atoms. The average molecular weight is 407 g/mol. The smallest absolute Gasteiger partial charge is 0.241 e. The van der Waals surface area contributed by atoms with Gasteiger partial charge in [0.15, 0.2) is 11.0 Å². The number of thioether (sulfide) groups is 1. The highest BCUT2D eigenvalue weighted by molar-refractivity contribution is 7.99. The van der Waals surface area contributed by atoms with Gasteiger partial charge in [-0.05, 0) is 38.2 Å². The van der Waals surface area contributed by atoms with E-state index in [0.29, 0.717) is 12.4 Å². The Morgan fingerprint density at radius 2 is 2.19 bits per heavy atom. The minimum Gasteiger partial charge on any atom is -0.369 e. The zero-order valence-corrected chi connectivity index (χ0v) is 17.7. The van der Waals surface area contributed by atoms with E-state index in [1.807, 2.05) is 0 Å². The molecule has 0 aromatic carbocycles. The molecule has 2 aromatic rings. The Kier molecular flexibility index (Phi) is 5.31. The van der Waals surface area contributed by atoms with Crippen LogP contribution in [0.2, 0.25) is 0 Å². The van der Waals surface area contributed by atoms with E-state index in [1.54, 1.807) is 23.1 Å². The number of amides is 1. The summed E-state index contributed by atoms with van der Waals surface area (Å²) in [4.78, 5) is 23.8. The third-order valence-electron chi connectivity index (χ3n) is 5.25. The topological polar surface area (TPSA) is 76.1 Å². The van der Waals surface area contributed by atoms with Gasteiger partial charge in [0.25, 0.3) is 0 Å². The molecule has 1 atom stereocenters. The van der Waals surface area contributed by atoms with Crippen LogP contribution in [-0.4, -0.2) is 27.2 Å². The predicted molar refractivity (Wildman–Crippen MR) is 110 cm³/mol. The largest absolute Gasteiger partial charge is 0.369 e. The number of hydrazine groups is 1. The Balaban J connectivity index is 1.71. The first-order valence-electron chi connectivity index (χ1n) is 9.68. The number of ether oxygens (including phenoxy) is 1. The van der Waals surface area contributed by atoms with Gasteiger partial charge < -0.3 is 4.74 Å². The van der Waals surface area contributed by atoms with Crippen LogP contribution in [0.1, 0.15) is 56.9 Å². The van der Waals surface area contributed by atoms with E-state index in [9.17, 15) is 4.79 Å². The molecule has 146 valence electrons. The molecule has 1 saturated carbocycles. The molecular weight excluding hydrogens is 380 g/mol. The van der Waals surface area contributed by atoms with Gasteiger partial charge >= 0.3 is 0 Å². The van der Waals surface area contributed by atoms with Crippen molar-refractivity contribution in [1.82, 2.24) is 15.4 Å². The first-order chi connectivity index (χ1) is 13.0. The zero-order valence-electron chi connectivity index (χ0n) is 16.1. The van der Waals surface area contributed by atoms with Crippen molar-refractivity contribution < 1.29 is 9.53 Å². The van der Waals surface area contributed by atoms with E-state index >= 15 is 0 Å². The first kappa shape index (κ1) is 19.0. The van der Waals surface area contributed by atoms with Gasteiger partial charge in [0, 0.05) is 23.0 Å². The molecule has 0 spiro atoms. The molecule has 0 unspecified atom stereocenters. The van der Waals surface area contributed by atoms with Crippen LogP contribution in [0, 0.1) is 5.92 Å². The summed E-state index contributed by atoms with van der Waals surface area (Å²) < 4.78 is 6.11. The van der Waals surface area contributed by atoms with Gasteiger partial charge in [-0.2, -0.15) is 0 Å². The summed E-state index contributed by atoms with van der Waals surface area (Å²) in [7, 11) is 0. The van der Waals surface area contributed by atoms with Gasteiger partial charge in [0.2, 0.25) is 5.91 Å². The quantitative estimate of drug-likeness (QED) is 0.406. The van der Waals surface area contributed by atoms with Crippen molar-refractivity contribution in [3.05, 3.63) is 10.4 Å². The maximum atomic E-state index is 12.1. The minimum atomic E-state index is -0.162. The lowest BCUT2D eigenvalue weighted by Gasteiger charge is -2.33. The van der Waals surface area contributed by atoms with Crippen LogP contribution in [0.15, 0.2) is 5.16 Å². The van der Waals surface area contributed by atoms with Gasteiger partial charge in [0.05, 0.1) is 17.6 Å². The fourth-order valence-corrected chi connectivity index (χ4v) is 5.06. The Morgan fingerprint density at radius 3 is 2.89 bits per heavy atom. The molecule has 1 fully saturated rings. The Hall–Kier alpha value is -1.38. The number of carbonyl (C=O) groups excluding carboxylic acids is 1. The Labute approximate surface area is 167 Å². The second-order valence-electron chi connectivity index (χ2n) is 7.54. The maximum Gasteiger partial charge on any atom is 0.241 e. The highest BCUT2D eigenvalue weighted by atomic mass is 32.2. The third-order valence-corrected chi connectivity index (χ3v) is 7.40. The molecule has 0 saturated heterocycles.